The molecule has 0 aliphatic heterocycles. The van der Waals surface area contributed by atoms with Crippen molar-refractivity contribution >= 4 is 23.5 Å². The molecule has 6 nitrogen and oxygen atoms in total. The molecule has 1 aromatic rings. The van der Waals surface area contributed by atoms with Gasteiger partial charge in [0, 0.05) is 11.9 Å². The molecule has 19 heavy (non-hydrogen) atoms. The summed E-state index contributed by atoms with van der Waals surface area (Å²) < 4.78 is 4.86. The van der Waals surface area contributed by atoms with E-state index in [2.05, 4.69) is 14.9 Å². The molecule has 1 rings (SSSR count). The van der Waals surface area contributed by atoms with Gasteiger partial charge in [0.1, 0.15) is 11.4 Å². The van der Waals surface area contributed by atoms with Gasteiger partial charge in [-0.1, -0.05) is 11.8 Å². The lowest BCUT2D eigenvalue weighted by Crippen LogP contribution is -2.13. The molecule has 0 fully saturated rings. The van der Waals surface area contributed by atoms with E-state index in [0.717, 1.165) is 18.7 Å². The van der Waals surface area contributed by atoms with Crippen LogP contribution in [-0.4, -0.2) is 53.8 Å². The fourth-order valence-corrected chi connectivity index (χ4v) is 2.10. The van der Waals surface area contributed by atoms with Gasteiger partial charge in [0.2, 0.25) is 0 Å². The predicted molar refractivity (Wildman–Crippen MR) is 76.3 cm³/mol. The van der Waals surface area contributed by atoms with Crippen molar-refractivity contribution in [3.8, 4) is 0 Å². The fourth-order valence-electron chi connectivity index (χ4n) is 1.36. The van der Waals surface area contributed by atoms with Crippen LogP contribution in [-0.2, 0) is 4.74 Å². The molecule has 2 N–H and O–H groups in total. The van der Waals surface area contributed by atoms with Gasteiger partial charge in [-0.15, -0.1) is 0 Å². The van der Waals surface area contributed by atoms with Crippen molar-refractivity contribution < 1.29 is 9.53 Å². The number of carbonyl (C=O) groups excluding carboxylic acids is 1. The first-order valence-electron chi connectivity index (χ1n) is 6.11. The Morgan fingerprint density at radius 1 is 1.53 bits per heavy atom. The Kier molecular flexibility index (Phi) is 6.58. The number of hydrogen-bond acceptors (Lipinski definition) is 7. The lowest BCUT2D eigenvalue weighted by atomic mass is 10.3. The molecule has 7 heteroatoms. The summed E-state index contributed by atoms with van der Waals surface area (Å²) in [6.07, 6.45) is 2.47. The summed E-state index contributed by atoms with van der Waals surface area (Å²) in [5.74, 6) is 0.601. The minimum Gasteiger partial charge on any atom is -0.462 e. The van der Waals surface area contributed by atoms with Crippen LogP contribution < -0.4 is 5.73 Å². The number of nitrogen functional groups attached to an aromatic ring is 1. The molecule has 0 bridgehead atoms. The number of esters is 1. The smallest absolute Gasteiger partial charge is 0.343 e. The molecule has 0 radical (unpaired) electrons. The van der Waals surface area contributed by atoms with E-state index in [1.54, 1.807) is 6.92 Å². The van der Waals surface area contributed by atoms with E-state index < -0.39 is 5.97 Å². The first-order valence-corrected chi connectivity index (χ1v) is 7.10. The zero-order chi connectivity index (χ0) is 14.3. The lowest BCUT2D eigenvalue weighted by molar-refractivity contribution is 0.0526. The molecule has 106 valence electrons. The molecule has 0 aliphatic rings. The van der Waals surface area contributed by atoms with E-state index in [0.29, 0.717) is 11.8 Å². The molecule has 1 aromatic heterocycles. The zero-order valence-corrected chi connectivity index (χ0v) is 12.4. The number of rotatable bonds is 7. The summed E-state index contributed by atoms with van der Waals surface area (Å²) in [7, 11) is 4.07. The summed E-state index contributed by atoms with van der Waals surface area (Å²) in [4.78, 5) is 21.9. The third-order valence-corrected chi connectivity index (χ3v) is 3.22. The highest BCUT2D eigenvalue weighted by Crippen LogP contribution is 2.17. The van der Waals surface area contributed by atoms with Crippen molar-refractivity contribution in [1.82, 2.24) is 14.9 Å². The average molecular weight is 284 g/mol. The van der Waals surface area contributed by atoms with Gasteiger partial charge in [0.15, 0.2) is 5.16 Å². The van der Waals surface area contributed by atoms with Crippen LogP contribution in [0.25, 0.3) is 0 Å². The molecule has 0 amide bonds. The van der Waals surface area contributed by atoms with E-state index in [1.807, 2.05) is 14.1 Å². The lowest BCUT2D eigenvalue weighted by Gasteiger charge is -2.08. The van der Waals surface area contributed by atoms with Crippen molar-refractivity contribution in [2.45, 2.75) is 18.5 Å². The summed E-state index contributed by atoms with van der Waals surface area (Å²) in [6.45, 7) is 3.06. The number of carbonyl (C=O) groups is 1. The van der Waals surface area contributed by atoms with Crippen LogP contribution >= 0.6 is 11.8 Å². The van der Waals surface area contributed by atoms with Crippen LogP contribution in [0.5, 0.6) is 0 Å². The Morgan fingerprint density at radius 3 is 2.84 bits per heavy atom. The van der Waals surface area contributed by atoms with Gasteiger partial charge in [-0.25, -0.2) is 14.8 Å². The molecule has 0 atom stereocenters. The quantitative estimate of drug-likeness (QED) is 0.349. The second-order valence-corrected chi connectivity index (χ2v) is 5.24. The molecule has 1 heterocycles. The minimum atomic E-state index is -0.482. The van der Waals surface area contributed by atoms with Gasteiger partial charge in [-0.05, 0) is 34.0 Å². The highest BCUT2D eigenvalue weighted by molar-refractivity contribution is 7.99. The monoisotopic (exact) mass is 284 g/mol. The van der Waals surface area contributed by atoms with Crippen LogP contribution in [0.4, 0.5) is 5.82 Å². The Labute approximate surface area is 117 Å². The van der Waals surface area contributed by atoms with Crippen LogP contribution in [0.1, 0.15) is 23.7 Å². The van der Waals surface area contributed by atoms with E-state index in [4.69, 9.17) is 10.5 Å². The van der Waals surface area contributed by atoms with Crippen molar-refractivity contribution in [3.05, 3.63) is 11.8 Å². The maximum Gasteiger partial charge on any atom is 0.343 e. The second kappa shape index (κ2) is 7.96. The van der Waals surface area contributed by atoms with Crippen LogP contribution in [0.3, 0.4) is 0 Å². The van der Waals surface area contributed by atoms with E-state index in [-0.39, 0.29) is 11.4 Å². The van der Waals surface area contributed by atoms with E-state index in [9.17, 15) is 4.79 Å². The van der Waals surface area contributed by atoms with Crippen molar-refractivity contribution in [2.24, 2.45) is 0 Å². The number of hydrogen-bond donors (Lipinski definition) is 1. The van der Waals surface area contributed by atoms with Crippen molar-refractivity contribution in [3.63, 3.8) is 0 Å². The Bertz CT molecular complexity index is 426. The molecule has 0 aromatic carbocycles. The number of thioether (sulfide) groups is 1. The number of nitrogens with two attached hydrogens (primary N) is 1. The summed E-state index contributed by atoms with van der Waals surface area (Å²) in [6, 6.07) is 0. The molecular weight excluding hydrogens is 264 g/mol. The van der Waals surface area contributed by atoms with Gasteiger partial charge in [-0.3, -0.25) is 0 Å². The minimum absolute atomic E-state index is 0.170. The summed E-state index contributed by atoms with van der Waals surface area (Å²) in [5, 5.41) is 0.587. The second-order valence-electron chi connectivity index (χ2n) is 4.18. The van der Waals surface area contributed by atoms with Gasteiger partial charge in [0.05, 0.1) is 6.61 Å². The molecule has 0 aliphatic carbocycles. The molecular formula is C12H20N4O2S. The Balaban J connectivity index is 2.54. The largest absolute Gasteiger partial charge is 0.462 e. The Hall–Kier alpha value is -1.34. The summed E-state index contributed by atoms with van der Waals surface area (Å²) >= 11 is 1.53. The van der Waals surface area contributed by atoms with E-state index >= 15 is 0 Å². The zero-order valence-electron chi connectivity index (χ0n) is 11.5. The maximum atomic E-state index is 11.5. The summed E-state index contributed by atoms with van der Waals surface area (Å²) in [5.41, 5.74) is 5.95. The van der Waals surface area contributed by atoms with Crippen molar-refractivity contribution in [2.75, 3.05) is 38.7 Å². The number of anilines is 1. The average Bonchev–Trinajstić information content (AvgIpc) is 2.34. The predicted octanol–water partition coefficient (Wildman–Crippen LogP) is 1.28. The third-order valence-electron chi connectivity index (χ3n) is 2.27. The third kappa shape index (κ3) is 5.44. The number of ether oxygens (including phenoxy) is 1. The molecule has 0 saturated carbocycles. The SMILES string of the molecule is CCOC(=O)c1cnc(SCCCN(C)C)nc1N. The topological polar surface area (TPSA) is 81.3 Å². The van der Waals surface area contributed by atoms with Crippen LogP contribution in [0.2, 0.25) is 0 Å². The molecule has 0 spiro atoms. The van der Waals surface area contributed by atoms with Gasteiger partial charge in [0.25, 0.3) is 0 Å². The number of nitrogens with zero attached hydrogens (tertiary/aromatic N) is 3. The molecule has 0 unspecified atom stereocenters. The normalized spacial score (nSPS) is 10.7. The standard InChI is InChI=1S/C12H20N4O2S/c1-4-18-11(17)9-8-14-12(15-10(9)13)19-7-5-6-16(2)3/h8H,4-7H2,1-3H3,(H2,13,14,15). The highest BCUT2D eigenvalue weighted by atomic mass is 32.2. The van der Waals surface area contributed by atoms with Gasteiger partial charge >= 0.3 is 5.97 Å². The van der Waals surface area contributed by atoms with Gasteiger partial charge < -0.3 is 15.4 Å². The van der Waals surface area contributed by atoms with Crippen LogP contribution in [0, 0.1) is 0 Å². The first-order chi connectivity index (χ1) is 9.04. The fraction of sp³-hybridized carbons (Fsp3) is 0.583. The number of aromatic nitrogens is 2. The van der Waals surface area contributed by atoms with Crippen LogP contribution in [0.15, 0.2) is 11.4 Å². The van der Waals surface area contributed by atoms with Crippen molar-refractivity contribution in [1.29, 1.82) is 0 Å². The van der Waals surface area contributed by atoms with E-state index in [1.165, 1.54) is 18.0 Å². The highest BCUT2D eigenvalue weighted by Gasteiger charge is 2.13. The maximum absolute atomic E-state index is 11.5. The van der Waals surface area contributed by atoms with Gasteiger partial charge in [-0.2, -0.15) is 0 Å². The molecule has 0 saturated heterocycles. The Morgan fingerprint density at radius 2 is 2.26 bits per heavy atom. The first kappa shape index (κ1) is 15.7.